The number of ketones is 1. The number of carbonyl (C=O) groups is 1. The molecule has 0 N–H and O–H groups in total. The molecule has 0 saturated carbocycles. The van der Waals surface area contributed by atoms with E-state index in [0.717, 1.165) is 12.8 Å². The third-order valence-corrected chi connectivity index (χ3v) is 2.25. The first-order valence-corrected chi connectivity index (χ1v) is 5.60. The first-order chi connectivity index (χ1) is 6.37. The van der Waals surface area contributed by atoms with E-state index in [4.69, 9.17) is 16.3 Å². The Bertz CT molecular complexity index is 173. The second-order valence-corrected chi connectivity index (χ2v) is 4.91. The smallest absolute Gasteiger partial charge is 0.133 e. The molecule has 0 aliphatic heterocycles. The van der Waals surface area contributed by atoms with Gasteiger partial charge >= 0.3 is 0 Å². The Balaban J connectivity index is 3.77. The van der Waals surface area contributed by atoms with E-state index in [1.54, 1.807) is 6.92 Å². The summed E-state index contributed by atoms with van der Waals surface area (Å²) in [7, 11) is 0. The van der Waals surface area contributed by atoms with Crippen LogP contribution in [-0.4, -0.2) is 23.9 Å². The van der Waals surface area contributed by atoms with Gasteiger partial charge < -0.3 is 4.74 Å². The number of carbonyl (C=O) groups excluding carboxylic acids is 1. The Kier molecular flexibility index (Phi) is 6.38. The fraction of sp³-hybridized carbons (Fsp3) is 0.909. The van der Waals surface area contributed by atoms with Crippen LogP contribution in [0.15, 0.2) is 0 Å². The summed E-state index contributed by atoms with van der Waals surface area (Å²) in [6.45, 7) is 8.28. The van der Waals surface area contributed by atoms with Gasteiger partial charge in [0.2, 0.25) is 0 Å². The summed E-state index contributed by atoms with van der Waals surface area (Å²) >= 11 is 5.62. The molecule has 0 saturated heterocycles. The summed E-state index contributed by atoms with van der Waals surface area (Å²) in [5, 5.41) is 0. The summed E-state index contributed by atoms with van der Waals surface area (Å²) < 4.78 is 5.56. The van der Waals surface area contributed by atoms with Crippen LogP contribution < -0.4 is 0 Å². The lowest BCUT2D eigenvalue weighted by Crippen LogP contribution is -2.22. The molecular formula is C11H21ClO2. The highest BCUT2D eigenvalue weighted by atomic mass is 35.5. The van der Waals surface area contributed by atoms with Gasteiger partial charge in [-0.25, -0.2) is 0 Å². The van der Waals surface area contributed by atoms with E-state index in [9.17, 15) is 4.79 Å². The molecule has 0 heterocycles. The van der Waals surface area contributed by atoms with Crippen LogP contribution >= 0.6 is 11.6 Å². The van der Waals surface area contributed by atoms with Gasteiger partial charge in [0.15, 0.2) is 0 Å². The van der Waals surface area contributed by atoms with Crippen molar-refractivity contribution in [2.24, 2.45) is 5.92 Å². The van der Waals surface area contributed by atoms with Crippen molar-refractivity contribution in [3.63, 3.8) is 0 Å². The van der Waals surface area contributed by atoms with Crippen molar-refractivity contribution in [1.29, 1.82) is 0 Å². The van der Waals surface area contributed by atoms with Crippen LogP contribution in [0.2, 0.25) is 0 Å². The van der Waals surface area contributed by atoms with E-state index in [1.807, 2.05) is 20.8 Å². The normalized spacial score (nSPS) is 14.1. The van der Waals surface area contributed by atoms with Crippen molar-refractivity contribution in [3.05, 3.63) is 0 Å². The maximum atomic E-state index is 11.2. The minimum Gasteiger partial charge on any atom is -0.376 e. The highest BCUT2D eigenvalue weighted by Crippen LogP contribution is 2.14. The third kappa shape index (κ3) is 7.34. The van der Waals surface area contributed by atoms with Crippen molar-refractivity contribution >= 4 is 17.4 Å². The minimum absolute atomic E-state index is 0.0647. The lowest BCUT2D eigenvalue weighted by Gasteiger charge is -2.21. The van der Waals surface area contributed by atoms with Gasteiger partial charge in [0.25, 0.3) is 0 Å². The second-order valence-electron chi connectivity index (χ2n) is 4.53. The van der Waals surface area contributed by atoms with Crippen LogP contribution in [0, 0.1) is 5.92 Å². The van der Waals surface area contributed by atoms with Crippen LogP contribution in [-0.2, 0) is 9.53 Å². The molecule has 0 aliphatic rings. The molecule has 0 aromatic carbocycles. The van der Waals surface area contributed by atoms with E-state index < -0.39 is 0 Å². The SMILES string of the molecule is CC(=O)C(CCCl)CCOC(C)(C)C. The van der Waals surface area contributed by atoms with Crippen LogP contribution in [0.3, 0.4) is 0 Å². The number of ether oxygens (including phenoxy) is 1. The van der Waals surface area contributed by atoms with Crippen LogP contribution in [0.5, 0.6) is 0 Å². The zero-order valence-corrected chi connectivity index (χ0v) is 10.4. The Morgan fingerprint density at radius 1 is 1.36 bits per heavy atom. The molecule has 84 valence electrons. The molecule has 0 spiro atoms. The largest absolute Gasteiger partial charge is 0.376 e. The number of hydrogen-bond donors (Lipinski definition) is 0. The molecule has 0 rings (SSSR count). The first kappa shape index (κ1) is 13.9. The maximum absolute atomic E-state index is 11.2. The van der Waals surface area contributed by atoms with Crippen molar-refractivity contribution in [2.75, 3.05) is 12.5 Å². The van der Waals surface area contributed by atoms with Gasteiger partial charge in [0.05, 0.1) is 5.60 Å². The van der Waals surface area contributed by atoms with Gasteiger partial charge in [-0.05, 0) is 40.5 Å². The number of Topliss-reactive ketones (excluding diaryl/α,β-unsaturated/α-hetero) is 1. The lowest BCUT2D eigenvalue weighted by atomic mass is 9.99. The third-order valence-electron chi connectivity index (χ3n) is 2.03. The Morgan fingerprint density at radius 3 is 2.29 bits per heavy atom. The van der Waals surface area contributed by atoms with Gasteiger partial charge in [0.1, 0.15) is 5.78 Å². The topological polar surface area (TPSA) is 26.3 Å². The Labute approximate surface area is 92.0 Å². The van der Waals surface area contributed by atoms with Crippen molar-refractivity contribution in [3.8, 4) is 0 Å². The molecule has 0 radical (unpaired) electrons. The zero-order valence-electron chi connectivity index (χ0n) is 9.60. The molecule has 0 amide bonds. The molecule has 0 fully saturated rings. The number of halogens is 1. The highest BCUT2D eigenvalue weighted by Gasteiger charge is 2.15. The zero-order chi connectivity index (χ0) is 11.2. The average Bonchev–Trinajstić information content (AvgIpc) is 2.00. The molecule has 0 aromatic rings. The monoisotopic (exact) mass is 220 g/mol. The molecule has 2 nitrogen and oxygen atoms in total. The van der Waals surface area contributed by atoms with Gasteiger partial charge in [-0.15, -0.1) is 11.6 Å². The Hall–Kier alpha value is -0.0800. The van der Waals surface area contributed by atoms with Crippen molar-refractivity contribution < 1.29 is 9.53 Å². The fourth-order valence-electron chi connectivity index (χ4n) is 1.19. The predicted molar refractivity (Wildman–Crippen MR) is 59.8 cm³/mol. The van der Waals surface area contributed by atoms with Gasteiger partial charge in [-0.1, -0.05) is 0 Å². The van der Waals surface area contributed by atoms with Crippen LogP contribution in [0.25, 0.3) is 0 Å². The second kappa shape index (κ2) is 6.41. The summed E-state index contributed by atoms with van der Waals surface area (Å²) in [6, 6.07) is 0. The number of rotatable bonds is 6. The summed E-state index contributed by atoms with van der Waals surface area (Å²) in [5.41, 5.74) is -0.123. The average molecular weight is 221 g/mol. The molecule has 3 heteroatoms. The molecule has 14 heavy (non-hydrogen) atoms. The highest BCUT2D eigenvalue weighted by molar-refractivity contribution is 6.18. The number of alkyl halides is 1. The fourth-order valence-corrected chi connectivity index (χ4v) is 1.45. The quantitative estimate of drug-likeness (QED) is 0.644. The summed E-state index contributed by atoms with van der Waals surface area (Å²) in [4.78, 5) is 11.2. The van der Waals surface area contributed by atoms with Gasteiger partial charge in [-0.3, -0.25) is 4.79 Å². The lowest BCUT2D eigenvalue weighted by molar-refractivity contribution is -0.122. The Morgan fingerprint density at radius 2 is 1.93 bits per heavy atom. The van der Waals surface area contributed by atoms with Crippen molar-refractivity contribution in [1.82, 2.24) is 0 Å². The minimum atomic E-state index is -0.123. The van der Waals surface area contributed by atoms with Crippen LogP contribution in [0.1, 0.15) is 40.5 Å². The number of hydrogen-bond acceptors (Lipinski definition) is 2. The molecule has 1 unspecified atom stereocenters. The first-order valence-electron chi connectivity index (χ1n) is 5.07. The molecule has 0 aromatic heterocycles. The van der Waals surface area contributed by atoms with Gasteiger partial charge in [0, 0.05) is 18.4 Å². The van der Waals surface area contributed by atoms with E-state index >= 15 is 0 Å². The van der Waals surface area contributed by atoms with E-state index in [0.29, 0.717) is 12.5 Å². The van der Waals surface area contributed by atoms with E-state index in [1.165, 1.54) is 0 Å². The standard InChI is InChI=1S/C11H21ClO2/c1-9(13)10(5-7-12)6-8-14-11(2,3)4/h10H,5-8H2,1-4H3. The summed E-state index contributed by atoms with van der Waals surface area (Å²) in [5.74, 6) is 0.817. The molecule has 0 aliphatic carbocycles. The van der Waals surface area contributed by atoms with E-state index in [-0.39, 0.29) is 17.3 Å². The molecule has 0 bridgehead atoms. The van der Waals surface area contributed by atoms with E-state index in [2.05, 4.69) is 0 Å². The maximum Gasteiger partial charge on any atom is 0.133 e. The van der Waals surface area contributed by atoms with Crippen LogP contribution in [0.4, 0.5) is 0 Å². The van der Waals surface area contributed by atoms with Crippen molar-refractivity contribution in [2.45, 2.75) is 46.1 Å². The summed E-state index contributed by atoms with van der Waals surface area (Å²) in [6.07, 6.45) is 1.53. The predicted octanol–water partition coefficient (Wildman–Crippen LogP) is 3.03. The molecular weight excluding hydrogens is 200 g/mol. The van der Waals surface area contributed by atoms with Gasteiger partial charge in [-0.2, -0.15) is 0 Å². The molecule has 1 atom stereocenters.